The van der Waals surface area contributed by atoms with Gasteiger partial charge in [-0.2, -0.15) is 13.2 Å². The molecule has 0 aromatic heterocycles. The summed E-state index contributed by atoms with van der Waals surface area (Å²) in [5.41, 5.74) is 0.244. The molecule has 4 nitrogen and oxygen atoms in total. The number of alkyl halides is 3. The summed E-state index contributed by atoms with van der Waals surface area (Å²) in [6.07, 6.45) is -5.24. The van der Waals surface area contributed by atoms with E-state index >= 15 is 0 Å². The fourth-order valence-corrected chi connectivity index (χ4v) is 1.90. The van der Waals surface area contributed by atoms with Crippen LogP contribution in [0.4, 0.5) is 28.9 Å². The van der Waals surface area contributed by atoms with E-state index in [4.69, 9.17) is 0 Å². The summed E-state index contributed by atoms with van der Waals surface area (Å²) in [5.74, 6) is -3.18. The molecule has 0 radical (unpaired) electrons. The van der Waals surface area contributed by atoms with Crippen molar-refractivity contribution in [1.82, 2.24) is 0 Å². The predicted molar refractivity (Wildman–Crippen MR) is 79.9 cm³/mol. The third-order valence-corrected chi connectivity index (χ3v) is 2.97. The Kier molecular flexibility index (Phi) is 5.18. The van der Waals surface area contributed by atoms with Crippen molar-refractivity contribution < 1.29 is 27.2 Å². The summed E-state index contributed by atoms with van der Waals surface area (Å²) in [7, 11) is 0. The summed E-state index contributed by atoms with van der Waals surface area (Å²) < 4.78 is 50.1. The molecule has 0 aliphatic heterocycles. The molecule has 0 spiro atoms. The fraction of sp³-hybridized carbons (Fsp3) is 0.125. The molecule has 0 fully saturated rings. The number of carbonyl (C=O) groups is 2. The Morgan fingerprint density at radius 2 is 1.54 bits per heavy atom. The first-order valence-corrected chi connectivity index (χ1v) is 6.77. The fourth-order valence-electron chi connectivity index (χ4n) is 1.90. The van der Waals surface area contributed by atoms with Crippen molar-refractivity contribution >= 4 is 23.2 Å². The molecule has 0 unspecified atom stereocenters. The zero-order chi connectivity index (χ0) is 17.7. The number of rotatable bonds is 4. The number of nitrogens with one attached hydrogen (secondary N) is 2. The van der Waals surface area contributed by atoms with Crippen LogP contribution in [-0.2, 0) is 16.0 Å². The lowest BCUT2D eigenvalue weighted by molar-refractivity contribution is -0.167. The van der Waals surface area contributed by atoms with E-state index in [9.17, 15) is 27.2 Å². The van der Waals surface area contributed by atoms with E-state index in [-0.39, 0.29) is 23.4 Å². The third-order valence-electron chi connectivity index (χ3n) is 2.97. The Labute approximate surface area is 134 Å². The molecular formula is C16H12F4N2O2. The van der Waals surface area contributed by atoms with Crippen LogP contribution >= 0.6 is 0 Å². The highest BCUT2D eigenvalue weighted by atomic mass is 19.4. The number of benzene rings is 2. The monoisotopic (exact) mass is 340 g/mol. The van der Waals surface area contributed by atoms with Crippen LogP contribution in [0.1, 0.15) is 5.56 Å². The first kappa shape index (κ1) is 17.5. The molecule has 24 heavy (non-hydrogen) atoms. The minimum atomic E-state index is -5.01. The summed E-state index contributed by atoms with van der Waals surface area (Å²) in [6.45, 7) is 0. The number of hydrogen-bond donors (Lipinski definition) is 2. The van der Waals surface area contributed by atoms with E-state index in [2.05, 4.69) is 5.32 Å². The van der Waals surface area contributed by atoms with Crippen LogP contribution < -0.4 is 10.6 Å². The second-order valence-electron chi connectivity index (χ2n) is 4.85. The minimum absolute atomic E-state index is 0.124. The smallest absolute Gasteiger partial charge is 0.326 e. The van der Waals surface area contributed by atoms with Crippen molar-refractivity contribution in [3.8, 4) is 0 Å². The van der Waals surface area contributed by atoms with Gasteiger partial charge in [0.05, 0.1) is 6.42 Å². The van der Waals surface area contributed by atoms with Crippen LogP contribution in [0.5, 0.6) is 0 Å². The van der Waals surface area contributed by atoms with Gasteiger partial charge in [0.15, 0.2) is 0 Å². The minimum Gasteiger partial charge on any atom is -0.326 e. The molecule has 0 saturated carbocycles. The Bertz CT molecular complexity index is 760. The maximum atomic E-state index is 13.5. The predicted octanol–water partition coefficient (Wildman–Crippen LogP) is 3.51. The average molecular weight is 340 g/mol. The van der Waals surface area contributed by atoms with Crippen LogP contribution in [-0.4, -0.2) is 18.0 Å². The summed E-state index contributed by atoms with van der Waals surface area (Å²) in [6, 6.07) is 11.0. The van der Waals surface area contributed by atoms with Crippen LogP contribution in [0, 0.1) is 5.82 Å². The third kappa shape index (κ3) is 4.80. The molecule has 2 rings (SSSR count). The van der Waals surface area contributed by atoms with Crippen molar-refractivity contribution in [2.45, 2.75) is 12.6 Å². The highest BCUT2D eigenvalue weighted by molar-refractivity contribution is 5.96. The van der Waals surface area contributed by atoms with Gasteiger partial charge in [0, 0.05) is 11.4 Å². The first-order chi connectivity index (χ1) is 11.3. The molecule has 2 aromatic rings. The second kappa shape index (κ2) is 7.12. The highest BCUT2D eigenvalue weighted by Crippen LogP contribution is 2.20. The first-order valence-electron chi connectivity index (χ1n) is 6.77. The van der Waals surface area contributed by atoms with E-state index < -0.39 is 23.8 Å². The van der Waals surface area contributed by atoms with Gasteiger partial charge >= 0.3 is 12.1 Å². The highest BCUT2D eigenvalue weighted by Gasteiger charge is 2.38. The van der Waals surface area contributed by atoms with Gasteiger partial charge in [0.2, 0.25) is 5.91 Å². The molecule has 0 aliphatic carbocycles. The standard InChI is InChI=1S/C16H12F4N2O2/c17-13-7-2-1-4-10(13)8-14(23)21-11-5-3-6-12(9-11)22-15(24)16(18,19)20/h1-7,9H,8H2,(H,21,23)(H,22,24). The molecular weight excluding hydrogens is 328 g/mol. The Balaban J connectivity index is 2.03. The van der Waals surface area contributed by atoms with Crippen LogP contribution in [0.15, 0.2) is 48.5 Å². The summed E-state index contributed by atoms with van der Waals surface area (Å²) in [5, 5.41) is 4.11. The number of halogens is 4. The van der Waals surface area contributed by atoms with Crippen molar-refractivity contribution in [3.63, 3.8) is 0 Å². The lowest BCUT2D eigenvalue weighted by atomic mass is 10.1. The molecule has 0 saturated heterocycles. The summed E-state index contributed by atoms with van der Waals surface area (Å²) in [4.78, 5) is 22.8. The van der Waals surface area contributed by atoms with E-state index in [1.807, 2.05) is 0 Å². The Hall–Kier alpha value is -2.90. The van der Waals surface area contributed by atoms with Crippen molar-refractivity contribution in [2.75, 3.05) is 10.6 Å². The molecule has 8 heteroatoms. The number of anilines is 2. The summed E-state index contributed by atoms with van der Waals surface area (Å²) >= 11 is 0. The number of carbonyl (C=O) groups excluding carboxylic acids is 2. The van der Waals surface area contributed by atoms with Gasteiger partial charge in [0.25, 0.3) is 0 Å². The van der Waals surface area contributed by atoms with Gasteiger partial charge in [0.1, 0.15) is 5.82 Å². The van der Waals surface area contributed by atoms with Gasteiger partial charge in [-0.1, -0.05) is 24.3 Å². The van der Waals surface area contributed by atoms with E-state index in [0.29, 0.717) is 0 Å². The normalized spacial score (nSPS) is 11.0. The number of amides is 2. The molecule has 0 heterocycles. The SMILES string of the molecule is O=C(Cc1ccccc1F)Nc1cccc(NC(=O)C(F)(F)F)c1. The number of hydrogen-bond acceptors (Lipinski definition) is 2. The lowest BCUT2D eigenvalue weighted by Gasteiger charge is -2.10. The maximum Gasteiger partial charge on any atom is 0.471 e. The average Bonchev–Trinajstić information content (AvgIpc) is 2.49. The van der Waals surface area contributed by atoms with Gasteiger partial charge in [-0.3, -0.25) is 9.59 Å². The Morgan fingerprint density at radius 1 is 0.917 bits per heavy atom. The van der Waals surface area contributed by atoms with Crippen molar-refractivity contribution in [1.29, 1.82) is 0 Å². The van der Waals surface area contributed by atoms with Crippen LogP contribution in [0.25, 0.3) is 0 Å². The molecule has 2 amide bonds. The van der Waals surface area contributed by atoms with Crippen LogP contribution in [0.3, 0.4) is 0 Å². The van der Waals surface area contributed by atoms with Crippen molar-refractivity contribution in [2.24, 2.45) is 0 Å². The zero-order valence-corrected chi connectivity index (χ0v) is 12.2. The maximum absolute atomic E-state index is 13.5. The topological polar surface area (TPSA) is 58.2 Å². The zero-order valence-electron chi connectivity index (χ0n) is 12.2. The second-order valence-corrected chi connectivity index (χ2v) is 4.85. The molecule has 0 aliphatic rings. The molecule has 0 bridgehead atoms. The molecule has 126 valence electrons. The largest absolute Gasteiger partial charge is 0.471 e. The van der Waals surface area contributed by atoms with Crippen LogP contribution in [0.2, 0.25) is 0 Å². The van der Waals surface area contributed by atoms with E-state index in [0.717, 1.165) is 0 Å². The molecule has 2 aromatic carbocycles. The van der Waals surface area contributed by atoms with Gasteiger partial charge in [-0.15, -0.1) is 0 Å². The quantitative estimate of drug-likeness (QED) is 0.837. The van der Waals surface area contributed by atoms with Gasteiger partial charge < -0.3 is 10.6 Å². The Morgan fingerprint density at radius 3 is 2.17 bits per heavy atom. The molecule has 0 atom stereocenters. The van der Waals surface area contributed by atoms with Gasteiger partial charge in [-0.25, -0.2) is 4.39 Å². The van der Waals surface area contributed by atoms with Crippen molar-refractivity contribution in [3.05, 3.63) is 59.9 Å². The van der Waals surface area contributed by atoms with E-state index in [1.165, 1.54) is 42.5 Å². The lowest BCUT2D eigenvalue weighted by Crippen LogP contribution is -2.29. The van der Waals surface area contributed by atoms with E-state index in [1.54, 1.807) is 11.4 Å². The molecule has 2 N–H and O–H groups in total. The van der Waals surface area contributed by atoms with Gasteiger partial charge in [-0.05, 0) is 29.8 Å².